The van der Waals surface area contributed by atoms with E-state index < -0.39 is 5.97 Å². The number of carbonyl (C=O) groups excluding carboxylic acids is 1. The van der Waals surface area contributed by atoms with Crippen LogP contribution in [0.5, 0.6) is 0 Å². The first-order chi connectivity index (χ1) is 8.71. The number of aryl methyl sites for hydroxylation is 1. The summed E-state index contributed by atoms with van der Waals surface area (Å²) in [6.45, 7) is 4.33. The minimum Gasteiger partial charge on any atom is -0.462 e. The van der Waals surface area contributed by atoms with Crippen molar-refractivity contribution < 1.29 is 9.53 Å². The van der Waals surface area contributed by atoms with Crippen LogP contribution in [0.2, 0.25) is 0 Å². The van der Waals surface area contributed by atoms with Crippen molar-refractivity contribution in [3.63, 3.8) is 0 Å². The van der Waals surface area contributed by atoms with Crippen LogP contribution in [-0.2, 0) is 16.0 Å². The quantitative estimate of drug-likeness (QED) is 0.453. The van der Waals surface area contributed by atoms with Gasteiger partial charge >= 0.3 is 5.97 Å². The van der Waals surface area contributed by atoms with Gasteiger partial charge in [0.25, 0.3) is 0 Å². The minimum absolute atomic E-state index is 0.0349. The zero-order valence-electron chi connectivity index (χ0n) is 10.8. The second-order valence-corrected chi connectivity index (χ2v) is 3.90. The van der Waals surface area contributed by atoms with Crippen LogP contribution in [0.3, 0.4) is 0 Å². The fraction of sp³-hybridized carbons (Fsp3) is 0.333. The van der Waals surface area contributed by atoms with Crippen LogP contribution in [0, 0.1) is 11.3 Å². The highest BCUT2D eigenvalue weighted by Gasteiger charge is 2.09. The lowest BCUT2D eigenvalue weighted by molar-refractivity contribution is -0.138. The molecule has 0 aromatic heterocycles. The molecule has 0 atom stereocenters. The second-order valence-electron chi connectivity index (χ2n) is 3.90. The maximum atomic E-state index is 11.5. The molecule has 0 aliphatic heterocycles. The van der Waals surface area contributed by atoms with Crippen molar-refractivity contribution in [3.05, 3.63) is 41.0 Å². The molecule has 0 amide bonds. The Morgan fingerprint density at radius 1 is 1.33 bits per heavy atom. The number of nitriles is 1. The van der Waals surface area contributed by atoms with Crippen molar-refractivity contribution in [2.24, 2.45) is 0 Å². The fourth-order valence-corrected chi connectivity index (χ4v) is 1.43. The summed E-state index contributed by atoms with van der Waals surface area (Å²) in [6, 6.07) is 9.63. The third-order valence-electron chi connectivity index (χ3n) is 2.48. The monoisotopic (exact) mass is 243 g/mol. The molecule has 1 rings (SSSR count). The summed E-state index contributed by atoms with van der Waals surface area (Å²) in [5.74, 6) is -0.557. The molecule has 0 heterocycles. The lowest BCUT2D eigenvalue weighted by atomic mass is 10.1. The molecule has 1 aromatic carbocycles. The highest BCUT2D eigenvalue weighted by atomic mass is 16.5. The molecule has 0 fully saturated rings. The number of ether oxygens (including phenoxy) is 1. The summed E-state index contributed by atoms with van der Waals surface area (Å²) in [6.07, 6.45) is 3.26. The van der Waals surface area contributed by atoms with E-state index in [1.54, 1.807) is 6.08 Å². The zero-order valence-corrected chi connectivity index (χ0v) is 10.8. The van der Waals surface area contributed by atoms with Crippen LogP contribution >= 0.6 is 0 Å². The molecule has 94 valence electrons. The maximum Gasteiger partial charge on any atom is 0.348 e. The number of hydrogen-bond donors (Lipinski definition) is 0. The van der Waals surface area contributed by atoms with Gasteiger partial charge in [-0.05, 0) is 30.0 Å². The van der Waals surface area contributed by atoms with Crippen molar-refractivity contribution in [2.75, 3.05) is 6.61 Å². The average Bonchev–Trinajstić information content (AvgIpc) is 2.42. The van der Waals surface area contributed by atoms with Gasteiger partial charge < -0.3 is 4.74 Å². The first-order valence-corrected chi connectivity index (χ1v) is 6.09. The van der Waals surface area contributed by atoms with E-state index in [9.17, 15) is 4.79 Å². The van der Waals surface area contributed by atoms with Crippen LogP contribution in [0.15, 0.2) is 29.8 Å². The predicted molar refractivity (Wildman–Crippen MR) is 70.7 cm³/mol. The number of benzene rings is 1. The summed E-state index contributed by atoms with van der Waals surface area (Å²) < 4.78 is 4.93. The Bertz CT molecular complexity index is 466. The molecule has 3 heteroatoms. The van der Waals surface area contributed by atoms with Gasteiger partial charge in [-0.2, -0.15) is 5.26 Å². The van der Waals surface area contributed by atoms with E-state index in [0.717, 1.165) is 18.4 Å². The summed E-state index contributed by atoms with van der Waals surface area (Å²) in [5.41, 5.74) is 2.09. The first-order valence-electron chi connectivity index (χ1n) is 6.09. The van der Waals surface area contributed by atoms with Crippen molar-refractivity contribution in [1.82, 2.24) is 0 Å². The molecule has 0 saturated heterocycles. The number of carbonyl (C=O) groups is 1. The standard InChI is InChI=1S/C15H17NO2/c1-3-9-18-15(17)14(11-16)10-13-7-5-12(4-2)6-8-13/h5-8,10H,3-4,9H2,1-2H3/b14-10+. The van der Waals surface area contributed by atoms with Crippen molar-refractivity contribution in [3.8, 4) is 6.07 Å². The summed E-state index contributed by atoms with van der Waals surface area (Å²) in [4.78, 5) is 11.5. The van der Waals surface area contributed by atoms with Crippen LogP contribution in [0.1, 0.15) is 31.4 Å². The zero-order chi connectivity index (χ0) is 13.4. The molecular weight excluding hydrogens is 226 g/mol. The molecule has 1 aromatic rings. The molecule has 3 nitrogen and oxygen atoms in total. The molecule has 18 heavy (non-hydrogen) atoms. The van der Waals surface area contributed by atoms with Crippen molar-refractivity contribution in [2.45, 2.75) is 26.7 Å². The molecule has 0 aliphatic carbocycles. The number of hydrogen-bond acceptors (Lipinski definition) is 3. The van der Waals surface area contributed by atoms with E-state index >= 15 is 0 Å². The Hall–Kier alpha value is -2.08. The van der Waals surface area contributed by atoms with Gasteiger partial charge in [0.05, 0.1) is 6.61 Å². The molecule has 0 N–H and O–H groups in total. The Balaban J connectivity index is 2.83. The van der Waals surface area contributed by atoms with Gasteiger partial charge in [0.2, 0.25) is 0 Å². The lowest BCUT2D eigenvalue weighted by Gasteiger charge is -2.02. The van der Waals surface area contributed by atoms with Crippen LogP contribution < -0.4 is 0 Å². The molecular formula is C15H17NO2. The van der Waals surface area contributed by atoms with E-state index in [1.165, 1.54) is 5.56 Å². The minimum atomic E-state index is -0.557. The summed E-state index contributed by atoms with van der Waals surface area (Å²) >= 11 is 0. The van der Waals surface area contributed by atoms with Gasteiger partial charge in [0, 0.05) is 0 Å². The van der Waals surface area contributed by atoms with Gasteiger partial charge in [-0.3, -0.25) is 0 Å². The SMILES string of the molecule is CCCOC(=O)/C(C#N)=C/c1ccc(CC)cc1. The van der Waals surface area contributed by atoms with Crippen LogP contribution in [0.25, 0.3) is 6.08 Å². The Morgan fingerprint density at radius 2 is 2.00 bits per heavy atom. The second kappa shape index (κ2) is 7.29. The highest BCUT2D eigenvalue weighted by molar-refractivity contribution is 5.97. The Labute approximate surface area is 108 Å². The van der Waals surface area contributed by atoms with Gasteiger partial charge in [-0.25, -0.2) is 4.79 Å². The van der Waals surface area contributed by atoms with Crippen LogP contribution in [-0.4, -0.2) is 12.6 Å². The van der Waals surface area contributed by atoms with Gasteiger partial charge in [0.15, 0.2) is 0 Å². The molecule has 0 bridgehead atoms. The van der Waals surface area contributed by atoms with E-state index in [0.29, 0.717) is 6.61 Å². The number of nitrogens with zero attached hydrogens (tertiary/aromatic N) is 1. The lowest BCUT2D eigenvalue weighted by Crippen LogP contribution is -2.07. The molecule has 0 radical (unpaired) electrons. The largest absolute Gasteiger partial charge is 0.462 e. The smallest absolute Gasteiger partial charge is 0.348 e. The summed E-state index contributed by atoms with van der Waals surface area (Å²) in [7, 11) is 0. The average molecular weight is 243 g/mol. The van der Waals surface area contributed by atoms with E-state index in [4.69, 9.17) is 10.00 Å². The van der Waals surface area contributed by atoms with Crippen LogP contribution in [0.4, 0.5) is 0 Å². The highest BCUT2D eigenvalue weighted by Crippen LogP contribution is 2.10. The van der Waals surface area contributed by atoms with Crippen molar-refractivity contribution >= 4 is 12.0 Å². The predicted octanol–water partition coefficient (Wildman–Crippen LogP) is 3.11. The number of esters is 1. The van der Waals surface area contributed by atoms with Gasteiger partial charge in [0.1, 0.15) is 11.6 Å². The normalized spacial score (nSPS) is 10.8. The van der Waals surface area contributed by atoms with E-state index in [-0.39, 0.29) is 5.57 Å². The molecule has 0 aliphatic rings. The maximum absolute atomic E-state index is 11.5. The number of rotatable bonds is 5. The molecule has 0 unspecified atom stereocenters. The third kappa shape index (κ3) is 4.06. The molecule has 0 saturated carbocycles. The van der Waals surface area contributed by atoms with Gasteiger partial charge in [-0.1, -0.05) is 38.1 Å². The fourth-order valence-electron chi connectivity index (χ4n) is 1.43. The van der Waals surface area contributed by atoms with E-state index in [1.807, 2.05) is 37.3 Å². The summed E-state index contributed by atoms with van der Waals surface area (Å²) in [5, 5.41) is 8.94. The first kappa shape index (κ1) is 14.0. The third-order valence-corrected chi connectivity index (χ3v) is 2.48. The van der Waals surface area contributed by atoms with Crippen molar-refractivity contribution in [1.29, 1.82) is 5.26 Å². The molecule has 0 spiro atoms. The topological polar surface area (TPSA) is 50.1 Å². The Kier molecular flexibility index (Phi) is 5.66. The van der Waals surface area contributed by atoms with E-state index in [2.05, 4.69) is 6.92 Å². The Morgan fingerprint density at radius 3 is 2.50 bits per heavy atom. The van der Waals surface area contributed by atoms with Gasteiger partial charge in [-0.15, -0.1) is 0 Å².